The average Bonchev–Trinajstić information content (AvgIpc) is 2.29. The molecule has 0 atom stereocenters. The van der Waals surface area contributed by atoms with Crippen LogP contribution in [0.25, 0.3) is 0 Å². The lowest BCUT2D eigenvalue weighted by molar-refractivity contribution is 0.252. The van der Waals surface area contributed by atoms with Gasteiger partial charge in [0.15, 0.2) is 0 Å². The van der Waals surface area contributed by atoms with Crippen molar-refractivity contribution in [2.24, 2.45) is 0 Å². The summed E-state index contributed by atoms with van der Waals surface area (Å²) < 4.78 is 5.04. The molecule has 0 heterocycles. The molecule has 0 aliphatic carbocycles. The molecule has 1 aromatic rings. The zero-order valence-electron chi connectivity index (χ0n) is 9.34. The second-order valence-corrected chi connectivity index (χ2v) is 3.63. The molecule has 4 nitrogen and oxygen atoms in total. The summed E-state index contributed by atoms with van der Waals surface area (Å²) in [5.41, 5.74) is 0.537. The Bertz CT molecular complexity index is 369. The molecule has 0 aliphatic rings. The van der Waals surface area contributed by atoms with Crippen molar-refractivity contribution in [2.45, 2.75) is 13.3 Å². The highest BCUT2D eigenvalue weighted by atomic mass is 35.5. The molecular formula is C11H15ClN2O2. The van der Waals surface area contributed by atoms with E-state index in [1.54, 1.807) is 25.3 Å². The van der Waals surface area contributed by atoms with Gasteiger partial charge in [-0.25, -0.2) is 4.79 Å². The molecule has 1 rings (SSSR count). The summed E-state index contributed by atoms with van der Waals surface area (Å²) in [6, 6.07) is 4.82. The number of methoxy groups -OCH3 is 1. The minimum Gasteiger partial charge on any atom is -0.497 e. The van der Waals surface area contributed by atoms with E-state index in [1.165, 1.54) is 0 Å². The minimum atomic E-state index is -0.267. The predicted octanol–water partition coefficient (Wildman–Crippen LogP) is 2.88. The van der Waals surface area contributed by atoms with Crippen molar-refractivity contribution in [1.82, 2.24) is 5.32 Å². The standard InChI is InChI=1S/C11H15ClN2O2/c1-3-6-13-11(15)14-10-7-8(16-2)4-5-9(10)12/h4-5,7H,3,6H2,1-2H3,(H2,13,14,15). The molecule has 0 spiro atoms. The zero-order valence-corrected chi connectivity index (χ0v) is 10.1. The Morgan fingerprint density at radius 3 is 2.88 bits per heavy atom. The van der Waals surface area contributed by atoms with E-state index in [4.69, 9.17) is 16.3 Å². The number of hydrogen-bond acceptors (Lipinski definition) is 2. The van der Waals surface area contributed by atoms with E-state index in [0.29, 0.717) is 23.0 Å². The fourth-order valence-electron chi connectivity index (χ4n) is 1.13. The summed E-state index contributed by atoms with van der Waals surface area (Å²) in [6.07, 6.45) is 0.888. The molecule has 2 amide bonds. The topological polar surface area (TPSA) is 50.4 Å². The van der Waals surface area contributed by atoms with Crippen LogP contribution in [0.15, 0.2) is 18.2 Å². The Labute approximate surface area is 99.9 Å². The number of carbonyl (C=O) groups is 1. The number of nitrogens with one attached hydrogen (secondary N) is 2. The van der Waals surface area contributed by atoms with Gasteiger partial charge in [-0.05, 0) is 18.6 Å². The highest BCUT2D eigenvalue weighted by molar-refractivity contribution is 6.33. The van der Waals surface area contributed by atoms with Crippen molar-refractivity contribution < 1.29 is 9.53 Å². The van der Waals surface area contributed by atoms with Crippen LogP contribution in [0, 0.1) is 0 Å². The van der Waals surface area contributed by atoms with Crippen LogP contribution in [-0.2, 0) is 0 Å². The number of hydrogen-bond donors (Lipinski definition) is 2. The third-order valence-corrected chi connectivity index (χ3v) is 2.29. The summed E-state index contributed by atoms with van der Waals surface area (Å²) in [5, 5.41) is 5.83. The molecule has 0 fully saturated rings. The van der Waals surface area contributed by atoms with Crippen LogP contribution in [-0.4, -0.2) is 19.7 Å². The van der Waals surface area contributed by atoms with Gasteiger partial charge in [0.05, 0.1) is 17.8 Å². The van der Waals surface area contributed by atoms with Gasteiger partial charge in [-0.15, -0.1) is 0 Å². The summed E-state index contributed by atoms with van der Waals surface area (Å²) in [6.45, 7) is 2.62. The minimum absolute atomic E-state index is 0.267. The van der Waals surface area contributed by atoms with E-state index in [1.807, 2.05) is 6.92 Å². The Kier molecular flexibility index (Phi) is 4.92. The fraction of sp³-hybridized carbons (Fsp3) is 0.364. The smallest absolute Gasteiger partial charge is 0.319 e. The van der Waals surface area contributed by atoms with Crippen molar-refractivity contribution in [3.8, 4) is 5.75 Å². The molecule has 0 radical (unpaired) electrons. The number of benzene rings is 1. The van der Waals surface area contributed by atoms with E-state index < -0.39 is 0 Å². The largest absolute Gasteiger partial charge is 0.497 e. The summed E-state index contributed by atoms with van der Waals surface area (Å²) in [4.78, 5) is 11.4. The number of urea groups is 1. The van der Waals surface area contributed by atoms with Crippen molar-refractivity contribution in [2.75, 3.05) is 19.0 Å². The first kappa shape index (κ1) is 12.6. The van der Waals surface area contributed by atoms with Crippen molar-refractivity contribution >= 4 is 23.3 Å². The third-order valence-electron chi connectivity index (χ3n) is 1.96. The van der Waals surface area contributed by atoms with E-state index in [9.17, 15) is 4.79 Å². The van der Waals surface area contributed by atoms with Gasteiger partial charge in [-0.1, -0.05) is 18.5 Å². The average molecular weight is 243 g/mol. The molecule has 0 aliphatic heterocycles. The maximum absolute atomic E-state index is 11.4. The molecule has 0 saturated heterocycles. The van der Waals surface area contributed by atoms with Crippen LogP contribution in [0.5, 0.6) is 5.75 Å². The molecular weight excluding hydrogens is 228 g/mol. The fourth-order valence-corrected chi connectivity index (χ4v) is 1.30. The Hall–Kier alpha value is -1.42. The van der Waals surface area contributed by atoms with Gasteiger partial charge in [0.1, 0.15) is 5.75 Å². The van der Waals surface area contributed by atoms with Crippen LogP contribution < -0.4 is 15.4 Å². The van der Waals surface area contributed by atoms with Gasteiger partial charge in [0, 0.05) is 12.6 Å². The molecule has 0 aromatic heterocycles. The summed E-state index contributed by atoms with van der Waals surface area (Å²) in [5.74, 6) is 0.648. The molecule has 5 heteroatoms. The Morgan fingerprint density at radius 2 is 2.25 bits per heavy atom. The first-order valence-corrected chi connectivity index (χ1v) is 5.43. The lowest BCUT2D eigenvalue weighted by atomic mass is 10.3. The van der Waals surface area contributed by atoms with Gasteiger partial charge in [-0.3, -0.25) is 0 Å². The first-order chi connectivity index (χ1) is 7.67. The van der Waals surface area contributed by atoms with Gasteiger partial charge in [-0.2, -0.15) is 0 Å². The van der Waals surface area contributed by atoms with Gasteiger partial charge in [0.25, 0.3) is 0 Å². The quantitative estimate of drug-likeness (QED) is 0.853. The zero-order chi connectivity index (χ0) is 12.0. The molecule has 0 unspecified atom stereocenters. The van der Waals surface area contributed by atoms with E-state index in [0.717, 1.165) is 6.42 Å². The molecule has 88 valence electrons. The van der Waals surface area contributed by atoms with Crippen LogP contribution in [0.2, 0.25) is 5.02 Å². The number of carbonyl (C=O) groups excluding carboxylic acids is 1. The van der Waals surface area contributed by atoms with Crippen molar-refractivity contribution in [1.29, 1.82) is 0 Å². The number of halogens is 1. The van der Waals surface area contributed by atoms with E-state index in [2.05, 4.69) is 10.6 Å². The summed E-state index contributed by atoms with van der Waals surface area (Å²) in [7, 11) is 1.56. The summed E-state index contributed by atoms with van der Waals surface area (Å²) >= 11 is 5.93. The second-order valence-electron chi connectivity index (χ2n) is 3.23. The number of ether oxygens (including phenoxy) is 1. The van der Waals surface area contributed by atoms with E-state index in [-0.39, 0.29) is 6.03 Å². The molecule has 0 saturated carbocycles. The Morgan fingerprint density at radius 1 is 1.50 bits per heavy atom. The molecule has 2 N–H and O–H groups in total. The van der Waals surface area contributed by atoms with Crippen molar-refractivity contribution in [3.63, 3.8) is 0 Å². The first-order valence-electron chi connectivity index (χ1n) is 5.05. The second kappa shape index (κ2) is 6.23. The molecule has 16 heavy (non-hydrogen) atoms. The lowest BCUT2D eigenvalue weighted by Gasteiger charge is -2.09. The van der Waals surface area contributed by atoms with Crippen LogP contribution in [0.1, 0.15) is 13.3 Å². The van der Waals surface area contributed by atoms with Gasteiger partial charge in [0.2, 0.25) is 0 Å². The van der Waals surface area contributed by atoms with E-state index >= 15 is 0 Å². The van der Waals surface area contributed by atoms with Gasteiger partial charge < -0.3 is 15.4 Å². The normalized spacial score (nSPS) is 9.69. The molecule has 0 bridgehead atoms. The van der Waals surface area contributed by atoms with Crippen LogP contribution >= 0.6 is 11.6 Å². The highest BCUT2D eigenvalue weighted by Gasteiger charge is 2.06. The highest BCUT2D eigenvalue weighted by Crippen LogP contribution is 2.26. The number of anilines is 1. The SMILES string of the molecule is CCCNC(=O)Nc1cc(OC)ccc1Cl. The predicted molar refractivity (Wildman–Crippen MR) is 65.3 cm³/mol. The third kappa shape index (κ3) is 3.62. The van der Waals surface area contributed by atoms with Gasteiger partial charge >= 0.3 is 6.03 Å². The number of amides is 2. The molecule has 1 aromatic carbocycles. The van der Waals surface area contributed by atoms with Crippen molar-refractivity contribution in [3.05, 3.63) is 23.2 Å². The number of rotatable bonds is 4. The van der Waals surface area contributed by atoms with Crippen LogP contribution in [0.4, 0.5) is 10.5 Å². The maximum Gasteiger partial charge on any atom is 0.319 e. The lowest BCUT2D eigenvalue weighted by Crippen LogP contribution is -2.29. The van der Waals surface area contributed by atoms with Crippen LogP contribution in [0.3, 0.4) is 0 Å². The monoisotopic (exact) mass is 242 g/mol. The maximum atomic E-state index is 11.4. The Balaban J connectivity index is 2.68.